The van der Waals surface area contributed by atoms with E-state index >= 15 is 0 Å². The molecule has 1 N–H and O–H groups in total. The van der Waals surface area contributed by atoms with Gasteiger partial charge in [0.1, 0.15) is 5.69 Å². The molecule has 104 valence electrons. The molecule has 1 aromatic heterocycles. The Morgan fingerprint density at radius 2 is 2.22 bits per heavy atom. The highest BCUT2D eigenvalue weighted by Gasteiger charge is 2.22. The summed E-state index contributed by atoms with van der Waals surface area (Å²) in [6.07, 6.45) is 3.26. The highest BCUT2D eigenvalue weighted by atomic mass is 35.5. The summed E-state index contributed by atoms with van der Waals surface area (Å²) in [6, 6.07) is 0.351. The van der Waals surface area contributed by atoms with Gasteiger partial charge in [0.2, 0.25) is 0 Å². The van der Waals surface area contributed by atoms with Crippen molar-refractivity contribution < 1.29 is 4.79 Å². The van der Waals surface area contributed by atoms with E-state index in [0.717, 1.165) is 32.4 Å². The Labute approximate surface area is 124 Å². The van der Waals surface area contributed by atoms with Crippen LogP contribution >= 0.6 is 36.2 Å². The van der Waals surface area contributed by atoms with Crippen LogP contribution in [0.3, 0.4) is 0 Å². The monoisotopic (exact) mass is 311 g/mol. The summed E-state index contributed by atoms with van der Waals surface area (Å²) in [5, 5.41) is 5.17. The van der Waals surface area contributed by atoms with E-state index in [9.17, 15) is 4.79 Å². The highest BCUT2D eigenvalue weighted by Crippen LogP contribution is 2.14. The number of carbonyl (C=O) groups excluding carboxylic acids is 1. The van der Waals surface area contributed by atoms with Crippen molar-refractivity contribution in [2.45, 2.75) is 25.3 Å². The van der Waals surface area contributed by atoms with E-state index in [1.165, 1.54) is 11.3 Å². The molecule has 1 unspecified atom stereocenters. The van der Waals surface area contributed by atoms with Crippen molar-refractivity contribution >= 4 is 42.1 Å². The van der Waals surface area contributed by atoms with Crippen molar-refractivity contribution in [3.63, 3.8) is 0 Å². The van der Waals surface area contributed by atoms with Gasteiger partial charge >= 0.3 is 0 Å². The standard InChI is InChI=1S/C11H17N3OS.2ClH/c1-14(9-3-2-5-12-6-4-9)11(15)10-7-16-8-13-10;;/h7-9,12H,2-6H2,1H3;2*1H. The van der Waals surface area contributed by atoms with Crippen molar-refractivity contribution in [3.8, 4) is 0 Å². The minimum atomic E-state index is 0. The highest BCUT2D eigenvalue weighted by molar-refractivity contribution is 7.07. The van der Waals surface area contributed by atoms with E-state index in [0.29, 0.717) is 11.7 Å². The van der Waals surface area contributed by atoms with Crippen molar-refractivity contribution in [2.75, 3.05) is 20.1 Å². The molecule has 18 heavy (non-hydrogen) atoms. The number of nitrogens with zero attached hydrogens (tertiary/aromatic N) is 2. The number of hydrogen-bond acceptors (Lipinski definition) is 4. The number of carbonyl (C=O) groups is 1. The molecule has 0 saturated carbocycles. The van der Waals surface area contributed by atoms with Gasteiger partial charge in [-0.25, -0.2) is 4.98 Å². The number of halogens is 2. The molecular weight excluding hydrogens is 293 g/mol. The SMILES string of the molecule is CN(C(=O)c1cscn1)C1CCCNCC1.Cl.Cl. The molecule has 2 rings (SSSR count). The summed E-state index contributed by atoms with van der Waals surface area (Å²) in [5.41, 5.74) is 2.28. The topological polar surface area (TPSA) is 45.2 Å². The molecule has 0 bridgehead atoms. The maximum absolute atomic E-state index is 12.1. The van der Waals surface area contributed by atoms with Crippen molar-refractivity contribution in [1.29, 1.82) is 0 Å². The van der Waals surface area contributed by atoms with Gasteiger partial charge in [0.05, 0.1) is 5.51 Å². The fourth-order valence-electron chi connectivity index (χ4n) is 2.05. The molecular formula is C11H19Cl2N3OS. The lowest BCUT2D eigenvalue weighted by molar-refractivity contribution is 0.0715. The Balaban J connectivity index is 0.00000144. The summed E-state index contributed by atoms with van der Waals surface area (Å²) in [4.78, 5) is 18.0. The molecule has 1 fully saturated rings. The van der Waals surface area contributed by atoms with Crippen LogP contribution in [0.5, 0.6) is 0 Å². The summed E-state index contributed by atoms with van der Waals surface area (Å²) in [5.74, 6) is 0.0492. The number of nitrogens with one attached hydrogen (secondary N) is 1. The van der Waals surface area contributed by atoms with E-state index < -0.39 is 0 Å². The van der Waals surface area contributed by atoms with Gasteiger partial charge in [-0.05, 0) is 32.4 Å². The molecule has 0 radical (unpaired) electrons. The average Bonchev–Trinajstić information content (AvgIpc) is 2.70. The third-order valence-corrected chi connectivity index (χ3v) is 3.65. The van der Waals surface area contributed by atoms with Crippen molar-refractivity contribution in [3.05, 3.63) is 16.6 Å². The van der Waals surface area contributed by atoms with E-state index in [2.05, 4.69) is 10.3 Å². The summed E-state index contributed by atoms with van der Waals surface area (Å²) < 4.78 is 0. The van der Waals surface area contributed by atoms with Crippen molar-refractivity contribution in [2.24, 2.45) is 0 Å². The molecule has 7 heteroatoms. The van der Waals surface area contributed by atoms with Gasteiger partial charge in [-0.15, -0.1) is 36.2 Å². The van der Waals surface area contributed by atoms with E-state index in [4.69, 9.17) is 0 Å². The van der Waals surface area contributed by atoms with Crippen LogP contribution in [0.25, 0.3) is 0 Å². The predicted octanol–water partition coefficient (Wildman–Crippen LogP) is 2.20. The van der Waals surface area contributed by atoms with Crippen molar-refractivity contribution in [1.82, 2.24) is 15.2 Å². The number of thiazole rings is 1. The van der Waals surface area contributed by atoms with Crippen LogP contribution in [0, 0.1) is 0 Å². The molecule has 4 nitrogen and oxygen atoms in total. The molecule has 1 aliphatic heterocycles. The molecule has 1 amide bonds. The molecule has 0 aromatic carbocycles. The lowest BCUT2D eigenvalue weighted by Gasteiger charge is -2.26. The Morgan fingerprint density at radius 3 is 2.89 bits per heavy atom. The molecule has 0 aliphatic carbocycles. The van der Waals surface area contributed by atoms with Crippen LogP contribution < -0.4 is 5.32 Å². The van der Waals surface area contributed by atoms with E-state index in [1.54, 1.807) is 5.51 Å². The predicted molar refractivity (Wildman–Crippen MR) is 79.2 cm³/mol. The zero-order valence-electron chi connectivity index (χ0n) is 10.3. The Hall–Kier alpha value is -0.360. The van der Waals surface area contributed by atoms with Crippen LogP contribution in [0.4, 0.5) is 0 Å². The first kappa shape index (κ1) is 17.6. The fourth-order valence-corrected chi connectivity index (χ4v) is 2.58. The van der Waals surface area contributed by atoms with Gasteiger partial charge in [0, 0.05) is 18.5 Å². The first-order valence-corrected chi connectivity index (χ1v) is 6.59. The lowest BCUT2D eigenvalue weighted by atomic mass is 10.1. The normalized spacial score (nSPS) is 19.1. The third-order valence-electron chi connectivity index (χ3n) is 3.06. The summed E-state index contributed by atoms with van der Waals surface area (Å²) in [6.45, 7) is 2.06. The molecule has 0 spiro atoms. The maximum atomic E-state index is 12.1. The largest absolute Gasteiger partial charge is 0.337 e. The smallest absolute Gasteiger partial charge is 0.273 e. The first-order valence-electron chi connectivity index (χ1n) is 5.65. The minimum absolute atomic E-state index is 0. The first-order chi connectivity index (χ1) is 7.79. The number of aromatic nitrogens is 1. The van der Waals surface area contributed by atoms with Gasteiger partial charge in [-0.2, -0.15) is 0 Å². The van der Waals surface area contributed by atoms with Crippen LogP contribution in [0.15, 0.2) is 10.9 Å². The Kier molecular flexibility index (Phi) is 8.52. The van der Waals surface area contributed by atoms with Crippen LogP contribution in [-0.4, -0.2) is 42.0 Å². The maximum Gasteiger partial charge on any atom is 0.273 e. The molecule has 1 aliphatic rings. The van der Waals surface area contributed by atoms with Gasteiger partial charge in [-0.3, -0.25) is 4.79 Å². The molecule has 1 saturated heterocycles. The van der Waals surface area contributed by atoms with Crippen LogP contribution in [0.2, 0.25) is 0 Å². The van der Waals surface area contributed by atoms with E-state index in [-0.39, 0.29) is 30.7 Å². The second-order valence-corrected chi connectivity index (χ2v) is 4.84. The summed E-state index contributed by atoms with van der Waals surface area (Å²) >= 11 is 1.47. The summed E-state index contributed by atoms with van der Waals surface area (Å²) in [7, 11) is 1.89. The van der Waals surface area contributed by atoms with Gasteiger partial charge < -0.3 is 10.2 Å². The minimum Gasteiger partial charge on any atom is -0.337 e. The van der Waals surface area contributed by atoms with Crippen LogP contribution in [-0.2, 0) is 0 Å². The number of rotatable bonds is 2. The molecule has 1 aromatic rings. The van der Waals surface area contributed by atoms with Gasteiger partial charge in [0.15, 0.2) is 0 Å². The number of hydrogen-bond donors (Lipinski definition) is 1. The second kappa shape index (κ2) is 8.69. The molecule has 1 atom stereocenters. The zero-order chi connectivity index (χ0) is 11.4. The lowest BCUT2D eigenvalue weighted by Crippen LogP contribution is -2.37. The average molecular weight is 312 g/mol. The third kappa shape index (κ3) is 4.39. The molecule has 2 heterocycles. The fraction of sp³-hybridized carbons (Fsp3) is 0.636. The Bertz CT molecular complexity index is 340. The second-order valence-electron chi connectivity index (χ2n) is 4.12. The number of amides is 1. The quantitative estimate of drug-likeness (QED) is 0.910. The van der Waals surface area contributed by atoms with E-state index in [1.807, 2.05) is 17.3 Å². The zero-order valence-corrected chi connectivity index (χ0v) is 12.7. The van der Waals surface area contributed by atoms with Gasteiger partial charge in [-0.1, -0.05) is 0 Å². The Morgan fingerprint density at radius 1 is 1.44 bits per heavy atom. The van der Waals surface area contributed by atoms with Gasteiger partial charge in [0.25, 0.3) is 5.91 Å². The van der Waals surface area contributed by atoms with Crippen LogP contribution in [0.1, 0.15) is 29.8 Å².